The summed E-state index contributed by atoms with van der Waals surface area (Å²) >= 11 is 0. The second-order valence-electron chi connectivity index (χ2n) is 6.10. The van der Waals surface area contributed by atoms with Crippen LogP contribution in [0.4, 0.5) is 0 Å². The highest BCUT2D eigenvalue weighted by atomic mass is 14.6. The second kappa shape index (κ2) is 3.54. The van der Waals surface area contributed by atoms with Crippen molar-refractivity contribution in [2.24, 2.45) is 41.4 Å². The van der Waals surface area contributed by atoms with Crippen LogP contribution >= 0.6 is 0 Å². The van der Waals surface area contributed by atoms with Crippen molar-refractivity contribution < 1.29 is 0 Å². The van der Waals surface area contributed by atoms with E-state index in [1.54, 1.807) is 0 Å². The molecule has 0 amide bonds. The van der Waals surface area contributed by atoms with E-state index in [1.165, 1.54) is 12.8 Å². The highest BCUT2D eigenvalue weighted by molar-refractivity contribution is 5.04. The molecule has 14 heavy (non-hydrogen) atoms. The summed E-state index contributed by atoms with van der Waals surface area (Å²) in [5.41, 5.74) is 0. The Morgan fingerprint density at radius 2 is 1.71 bits per heavy atom. The van der Waals surface area contributed by atoms with Crippen LogP contribution in [-0.2, 0) is 0 Å². The molecule has 0 nitrogen and oxygen atoms in total. The van der Waals surface area contributed by atoms with E-state index >= 15 is 0 Å². The third kappa shape index (κ3) is 1.42. The van der Waals surface area contributed by atoms with E-state index in [4.69, 9.17) is 0 Å². The molecule has 0 radical (unpaired) electrons. The minimum atomic E-state index is 0.946. The largest absolute Gasteiger partial charge is 0.0651 e. The van der Waals surface area contributed by atoms with Gasteiger partial charge in [0.25, 0.3) is 0 Å². The van der Waals surface area contributed by atoms with Gasteiger partial charge in [0.1, 0.15) is 0 Å². The third-order valence-electron chi connectivity index (χ3n) is 5.67. The van der Waals surface area contributed by atoms with Gasteiger partial charge in [0, 0.05) is 0 Å². The van der Waals surface area contributed by atoms with Crippen molar-refractivity contribution in [2.45, 2.75) is 47.5 Å². The third-order valence-corrected chi connectivity index (χ3v) is 5.67. The van der Waals surface area contributed by atoms with E-state index in [0.717, 1.165) is 41.4 Å². The summed E-state index contributed by atoms with van der Waals surface area (Å²) in [6, 6.07) is 0. The number of hydrogen-bond donors (Lipinski definition) is 0. The van der Waals surface area contributed by atoms with Gasteiger partial charge in [0.2, 0.25) is 0 Å². The number of rotatable bonds is 2. The first-order valence-corrected chi connectivity index (χ1v) is 6.57. The molecule has 82 valence electrons. The second-order valence-corrected chi connectivity index (χ2v) is 6.10. The molecule has 0 aromatic heterocycles. The van der Waals surface area contributed by atoms with E-state index in [-0.39, 0.29) is 0 Å². The van der Waals surface area contributed by atoms with Gasteiger partial charge in [-0.3, -0.25) is 0 Å². The molecule has 2 aliphatic carbocycles. The molecule has 7 atom stereocenters. The van der Waals surface area contributed by atoms with Crippen molar-refractivity contribution in [2.75, 3.05) is 0 Å². The molecular formula is C14H26. The lowest BCUT2D eigenvalue weighted by molar-refractivity contribution is 0.119. The van der Waals surface area contributed by atoms with Crippen LogP contribution in [0.25, 0.3) is 0 Å². The normalized spacial score (nSPS) is 53.8. The van der Waals surface area contributed by atoms with Crippen LogP contribution in [0, 0.1) is 41.4 Å². The summed E-state index contributed by atoms with van der Waals surface area (Å²) in [7, 11) is 0. The van der Waals surface area contributed by atoms with Crippen LogP contribution < -0.4 is 0 Å². The fourth-order valence-corrected chi connectivity index (χ4v) is 4.14. The molecular weight excluding hydrogens is 168 g/mol. The monoisotopic (exact) mass is 194 g/mol. The summed E-state index contributed by atoms with van der Waals surface area (Å²) in [4.78, 5) is 0. The SMILES string of the molecule is CCC(C)C1CC2C(C)C2C(C)C1C. The van der Waals surface area contributed by atoms with Crippen molar-refractivity contribution in [1.29, 1.82) is 0 Å². The molecule has 0 heterocycles. The molecule has 0 spiro atoms. The van der Waals surface area contributed by atoms with Crippen molar-refractivity contribution in [3.63, 3.8) is 0 Å². The minimum absolute atomic E-state index is 0.946. The van der Waals surface area contributed by atoms with E-state index < -0.39 is 0 Å². The van der Waals surface area contributed by atoms with Crippen LogP contribution in [-0.4, -0.2) is 0 Å². The zero-order valence-electron chi connectivity index (χ0n) is 10.5. The Bertz CT molecular complexity index is 208. The first-order valence-electron chi connectivity index (χ1n) is 6.57. The lowest BCUT2D eigenvalue weighted by Crippen LogP contribution is -2.30. The smallest absolute Gasteiger partial charge is 0.0326 e. The fourth-order valence-electron chi connectivity index (χ4n) is 4.14. The predicted octanol–water partition coefficient (Wildman–Crippen LogP) is 4.21. The van der Waals surface area contributed by atoms with Crippen LogP contribution in [0.2, 0.25) is 0 Å². The van der Waals surface area contributed by atoms with Crippen molar-refractivity contribution in [3.05, 3.63) is 0 Å². The van der Waals surface area contributed by atoms with E-state index in [1.807, 2.05) is 0 Å². The molecule has 0 aromatic carbocycles. The lowest BCUT2D eigenvalue weighted by atomic mass is 9.68. The van der Waals surface area contributed by atoms with Gasteiger partial charge in [0.15, 0.2) is 0 Å². The van der Waals surface area contributed by atoms with Crippen molar-refractivity contribution in [1.82, 2.24) is 0 Å². The van der Waals surface area contributed by atoms with Gasteiger partial charge in [0.05, 0.1) is 0 Å². The Morgan fingerprint density at radius 1 is 1.07 bits per heavy atom. The molecule has 0 N–H and O–H groups in total. The first kappa shape index (κ1) is 10.5. The van der Waals surface area contributed by atoms with Crippen LogP contribution in [0.3, 0.4) is 0 Å². The zero-order valence-corrected chi connectivity index (χ0v) is 10.5. The summed E-state index contributed by atoms with van der Waals surface area (Å²) in [6.45, 7) is 12.3. The Labute approximate surface area is 89.5 Å². The molecule has 0 heteroatoms. The summed E-state index contributed by atoms with van der Waals surface area (Å²) < 4.78 is 0. The molecule has 0 aliphatic heterocycles. The zero-order chi connectivity index (χ0) is 10.5. The fraction of sp³-hybridized carbons (Fsp3) is 1.00. The van der Waals surface area contributed by atoms with E-state index in [9.17, 15) is 0 Å². The quantitative estimate of drug-likeness (QED) is 0.618. The van der Waals surface area contributed by atoms with Crippen LogP contribution in [0.5, 0.6) is 0 Å². The van der Waals surface area contributed by atoms with Crippen LogP contribution in [0.1, 0.15) is 47.5 Å². The first-order chi connectivity index (χ1) is 6.57. The average Bonchev–Trinajstić information content (AvgIpc) is 2.82. The van der Waals surface area contributed by atoms with Crippen molar-refractivity contribution in [3.8, 4) is 0 Å². The molecule has 0 saturated heterocycles. The Kier molecular flexibility index (Phi) is 2.66. The van der Waals surface area contributed by atoms with Gasteiger partial charge in [-0.25, -0.2) is 0 Å². The Balaban J connectivity index is 2.06. The predicted molar refractivity (Wildman–Crippen MR) is 62.0 cm³/mol. The summed E-state index contributed by atoms with van der Waals surface area (Å²) in [5.74, 6) is 7.15. The summed E-state index contributed by atoms with van der Waals surface area (Å²) in [6.07, 6.45) is 2.90. The van der Waals surface area contributed by atoms with E-state index in [2.05, 4.69) is 34.6 Å². The Hall–Kier alpha value is 0. The maximum atomic E-state index is 2.50. The number of fused-ring (bicyclic) bond motifs is 1. The molecule has 7 unspecified atom stereocenters. The molecule has 0 aromatic rings. The van der Waals surface area contributed by atoms with Gasteiger partial charge in [-0.2, -0.15) is 0 Å². The lowest BCUT2D eigenvalue weighted by Gasteiger charge is -2.37. The average molecular weight is 194 g/mol. The van der Waals surface area contributed by atoms with Crippen molar-refractivity contribution >= 4 is 0 Å². The summed E-state index contributed by atoms with van der Waals surface area (Å²) in [5, 5.41) is 0. The van der Waals surface area contributed by atoms with Gasteiger partial charge < -0.3 is 0 Å². The Morgan fingerprint density at radius 3 is 2.29 bits per heavy atom. The van der Waals surface area contributed by atoms with Gasteiger partial charge >= 0.3 is 0 Å². The highest BCUT2D eigenvalue weighted by Gasteiger charge is 2.56. The maximum Gasteiger partial charge on any atom is -0.0326 e. The topological polar surface area (TPSA) is 0 Å². The van der Waals surface area contributed by atoms with Gasteiger partial charge in [-0.1, -0.05) is 41.0 Å². The standard InChI is InChI=1S/C14H26/c1-6-8(2)12-7-13-11(5)14(13)10(4)9(12)3/h8-14H,6-7H2,1-5H3. The molecule has 2 rings (SSSR count). The molecule has 2 fully saturated rings. The molecule has 2 aliphatic rings. The highest BCUT2D eigenvalue weighted by Crippen LogP contribution is 2.62. The van der Waals surface area contributed by atoms with Crippen LogP contribution in [0.15, 0.2) is 0 Å². The van der Waals surface area contributed by atoms with E-state index in [0.29, 0.717) is 0 Å². The maximum absolute atomic E-state index is 2.50. The molecule has 0 bridgehead atoms. The van der Waals surface area contributed by atoms with Gasteiger partial charge in [-0.15, -0.1) is 0 Å². The van der Waals surface area contributed by atoms with Gasteiger partial charge in [-0.05, 0) is 47.8 Å². The minimum Gasteiger partial charge on any atom is -0.0651 e. The molecule has 2 saturated carbocycles. The number of hydrogen-bond acceptors (Lipinski definition) is 0.